The Kier molecular flexibility index (Phi) is 6.59. The maximum Gasteiger partial charge on any atom is 0.247 e. The fraction of sp³-hybridized carbons (Fsp3) is 0.588. The minimum absolute atomic E-state index is 0.00993. The number of nitrogens with zero attached hydrogens (tertiary/aromatic N) is 2. The first-order valence-electron chi connectivity index (χ1n) is 8.09. The van der Waals surface area contributed by atoms with E-state index in [1.807, 2.05) is 36.1 Å². The zero-order chi connectivity index (χ0) is 16.9. The molecule has 6 heteroatoms. The van der Waals surface area contributed by atoms with Gasteiger partial charge in [0.15, 0.2) is 0 Å². The molecule has 0 aliphatic carbocycles. The normalized spacial score (nSPS) is 18.7. The van der Waals surface area contributed by atoms with Crippen LogP contribution in [0, 0.1) is 0 Å². The molecule has 1 aromatic rings. The summed E-state index contributed by atoms with van der Waals surface area (Å²) in [6, 6.07) is 7.64. The van der Waals surface area contributed by atoms with Crippen LogP contribution in [-0.2, 0) is 15.1 Å². The van der Waals surface area contributed by atoms with Crippen LogP contribution in [0.15, 0.2) is 28.7 Å². The molecule has 1 unspecified atom stereocenters. The standard InChI is InChI=1S/C17H26BrN3O2/c1-3-23-13-12-20-8-10-21(11-9-20)16(22)17(2,19)14-4-6-15(18)7-5-14/h4-7H,3,8-13,19H2,1-2H3. The van der Waals surface area contributed by atoms with E-state index in [1.165, 1.54) is 0 Å². The molecule has 5 nitrogen and oxygen atoms in total. The molecule has 2 N–H and O–H groups in total. The van der Waals surface area contributed by atoms with Crippen molar-refractivity contribution < 1.29 is 9.53 Å². The number of carbonyl (C=O) groups excluding carboxylic acids is 1. The summed E-state index contributed by atoms with van der Waals surface area (Å²) in [5.41, 5.74) is 6.20. The van der Waals surface area contributed by atoms with Gasteiger partial charge in [-0.2, -0.15) is 0 Å². The fourth-order valence-corrected chi connectivity index (χ4v) is 3.02. The van der Waals surface area contributed by atoms with Crippen molar-refractivity contribution in [2.75, 3.05) is 45.9 Å². The lowest BCUT2D eigenvalue weighted by molar-refractivity contribution is -0.138. The highest BCUT2D eigenvalue weighted by atomic mass is 79.9. The summed E-state index contributed by atoms with van der Waals surface area (Å²) < 4.78 is 6.37. The van der Waals surface area contributed by atoms with E-state index in [0.717, 1.165) is 42.9 Å². The maximum atomic E-state index is 12.8. The molecule has 0 radical (unpaired) electrons. The van der Waals surface area contributed by atoms with E-state index in [2.05, 4.69) is 20.8 Å². The zero-order valence-electron chi connectivity index (χ0n) is 13.9. The van der Waals surface area contributed by atoms with Gasteiger partial charge in [0.1, 0.15) is 5.54 Å². The van der Waals surface area contributed by atoms with E-state index >= 15 is 0 Å². The molecule has 0 saturated carbocycles. The van der Waals surface area contributed by atoms with Gasteiger partial charge in [-0.05, 0) is 31.5 Å². The van der Waals surface area contributed by atoms with Crippen LogP contribution in [0.5, 0.6) is 0 Å². The molecule has 128 valence electrons. The van der Waals surface area contributed by atoms with Crippen LogP contribution >= 0.6 is 15.9 Å². The number of rotatable bonds is 6. The van der Waals surface area contributed by atoms with Gasteiger partial charge in [-0.1, -0.05) is 28.1 Å². The van der Waals surface area contributed by atoms with Gasteiger partial charge in [-0.15, -0.1) is 0 Å². The van der Waals surface area contributed by atoms with E-state index in [0.29, 0.717) is 13.1 Å². The molecule has 0 spiro atoms. The average Bonchev–Trinajstić information content (AvgIpc) is 2.55. The summed E-state index contributed by atoms with van der Waals surface area (Å²) in [6.45, 7) is 9.38. The first-order chi connectivity index (χ1) is 10.9. The number of carbonyl (C=O) groups is 1. The minimum Gasteiger partial charge on any atom is -0.380 e. The first-order valence-corrected chi connectivity index (χ1v) is 8.89. The first kappa shape index (κ1) is 18.4. The number of amides is 1. The third-order valence-corrected chi connectivity index (χ3v) is 4.83. The number of piperazine rings is 1. The van der Waals surface area contributed by atoms with Gasteiger partial charge in [0.05, 0.1) is 6.61 Å². The van der Waals surface area contributed by atoms with E-state index in [4.69, 9.17) is 10.5 Å². The van der Waals surface area contributed by atoms with Crippen LogP contribution in [0.3, 0.4) is 0 Å². The van der Waals surface area contributed by atoms with Crippen molar-refractivity contribution in [2.24, 2.45) is 5.73 Å². The predicted molar refractivity (Wildman–Crippen MR) is 95.2 cm³/mol. The number of hydrogen-bond acceptors (Lipinski definition) is 4. The summed E-state index contributed by atoms with van der Waals surface area (Å²) in [4.78, 5) is 17.0. The molecular formula is C17H26BrN3O2. The maximum absolute atomic E-state index is 12.8. The van der Waals surface area contributed by atoms with Gasteiger partial charge in [-0.25, -0.2) is 0 Å². The second kappa shape index (κ2) is 8.24. The molecule has 23 heavy (non-hydrogen) atoms. The van der Waals surface area contributed by atoms with Crippen molar-refractivity contribution >= 4 is 21.8 Å². The van der Waals surface area contributed by atoms with Gasteiger partial charge >= 0.3 is 0 Å². The lowest BCUT2D eigenvalue weighted by atomic mass is 9.91. The van der Waals surface area contributed by atoms with E-state index in [-0.39, 0.29) is 5.91 Å². The van der Waals surface area contributed by atoms with E-state index in [1.54, 1.807) is 6.92 Å². The molecule has 1 amide bonds. The molecule has 1 saturated heterocycles. The van der Waals surface area contributed by atoms with E-state index < -0.39 is 5.54 Å². The highest BCUT2D eigenvalue weighted by Gasteiger charge is 2.35. The quantitative estimate of drug-likeness (QED) is 0.760. The monoisotopic (exact) mass is 383 g/mol. The molecule has 1 fully saturated rings. The largest absolute Gasteiger partial charge is 0.380 e. The predicted octanol–water partition coefficient (Wildman–Crippen LogP) is 1.80. The van der Waals surface area contributed by atoms with Crippen LogP contribution < -0.4 is 5.73 Å². The molecule has 1 aliphatic heterocycles. The highest BCUT2D eigenvalue weighted by Crippen LogP contribution is 2.23. The van der Waals surface area contributed by atoms with Crippen molar-refractivity contribution in [3.8, 4) is 0 Å². The Morgan fingerprint density at radius 1 is 1.26 bits per heavy atom. The Bertz CT molecular complexity index is 511. The fourth-order valence-electron chi connectivity index (χ4n) is 2.76. The molecule has 1 heterocycles. The van der Waals surface area contributed by atoms with Crippen molar-refractivity contribution in [3.63, 3.8) is 0 Å². The van der Waals surface area contributed by atoms with Crippen LogP contribution in [0.2, 0.25) is 0 Å². The third kappa shape index (κ3) is 4.76. The lowest BCUT2D eigenvalue weighted by Crippen LogP contribution is -2.57. The summed E-state index contributed by atoms with van der Waals surface area (Å²) >= 11 is 3.41. The van der Waals surface area contributed by atoms with Crippen molar-refractivity contribution in [1.29, 1.82) is 0 Å². The number of nitrogens with two attached hydrogens (primary N) is 1. The number of benzene rings is 1. The van der Waals surface area contributed by atoms with Crippen LogP contribution in [0.4, 0.5) is 0 Å². The van der Waals surface area contributed by atoms with E-state index in [9.17, 15) is 4.79 Å². The number of halogens is 1. The molecule has 0 aromatic heterocycles. The van der Waals surface area contributed by atoms with Crippen LogP contribution in [0.25, 0.3) is 0 Å². The Morgan fingerprint density at radius 3 is 2.43 bits per heavy atom. The molecular weight excluding hydrogens is 358 g/mol. The van der Waals surface area contributed by atoms with Crippen LogP contribution in [-0.4, -0.2) is 61.6 Å². The SMILES string of the molecule is CCOCCN1CCN(C(=O)C(C)(N)c2ccc(Br)cc2)CC1. The second-order valence-corrected chi connectivity index (χ2v) is 6.96. The molecule has 1 aliphatic rings. The van der Waals surface area contributed by atoms with Crippen LogP contribution in [0.1, 0.15) is 19.4 Å². The Balaban J connectivity index is 1.92. The molecule has 2 rings (SSSR count). The third-order valence-electron chi connectivity index (χ3n) is 4.30. The Hall–Kier alpha value is -0.950. The van der Waals surface area contributed by atoms with Gasteiger partial charge in [-0.3, -0.25) is 9.69 Å². The van der Waals surface area contributed by atoms with Gasteiger partial charge in [0.25, 0.3) is 0 Å². The summed E-state index contributed by atoms with van der Waals surface area (Å²) in [6.07, 6.45) is 0. The average molecular weight is 384 g/mol. The van der Waals surface area contributed by atoms with Crippen molar-refractivity contribution in [3.05, 3.63) is 34.3 Å². The summed E-state index contributed by atoms with van der Waals surface area (Å²) in [5.74, 6) is -0.00993. The zero-order valence-corrected chi connectivity index (χ0v) is 15.5. The topological polar surface area (TPSA) is 58.8 Å². The minimum atomic E-state index is -0.992. The second-order valence-electron chi connectivity index (χ2n) is 6.04. The number of ether oxygens (including phenoxy) is 1. The molecule has 1 atom stereocenters. The van der Waals surface area contributed by atoms with Gasteiger partial charge < -0.3 is 15.4 Å². The van der Waals surface area contributed by atoms with Crippen molar-refractivity contribution in [2.45, 2.75) is 19.4 Å². The van der Waals surface area contributed by atoms with Crippen molar-refractivity contribution in [1.82, 2.24) is 9.80 Å². The molecule has 0 bridgehead atoms. The lowest BCUT2D eigenvalue weighted by Gasteiger charge is -2.38. The summed E-state index contributed by atoms with van der Waals surface area (Å²) in [5, 5.41) is 0. The summed E-state index contributed by atoms with van der Waals surface area (Å²) in [7, 11) is 0. The van der Waals surface area contributed by atoms with Gasteiger partial charge in [0, 0.05) is 43.8 Å². The van der Waals surface area contributed by atoms with Gasteiger partial charge in [0.2, 0.25) is 5.91 Å². The Labute approximate surface area is 146 Å². The smallest absolute Gasteiger partial charge is 0.247 e. The Morgan fingerprint density at radius 2 is 1.87 bits per heavy atom. The number of hydrogen-bond donors (Lipinski definition) is 1. The molecule has 1 aromatic carbocycles. The highest BCUT2D eigenvalue weighted by molar-refractivity contribution is 9.10.